The van der Waals surface area contributed by atoms with Crippen LogP contribution in [-0.4, -0.2) is 36.6 Å². The number of carbonyl (C=O) groups excluding carboxylic acids is 1. The molecule has 1 aliphatic heterocycles. The topological polar surface area (TPSA) is 29.5 Å². The number of nitrogens with zero attached hydrogens (tertiary/aromatic N) is 1. The van der Waals surface area contributed by atoms with Gasteiger partial charge in [0.25, 0.3) is 0 Å². The first-order valence-corrected chi connectivity index (χ1v) is 7.73. The van der Waals surface area contributed by atoms with Crippen molar-refractivity contribution in [2.75, 3.05) is 13.7 Å². The summed E-state index contributed by atoms with van der Waals surface area (Å²) < 4.78 is 18.9. The number of hydrogen-bond acceptors (Lipinski definition) is 2. The molecule has 0 radical (unpaired) electrons. The Kier molecular flexibility index (Phi) is 3.81. The summed E-state index contributed by atoms with van der Waals surface area (Å²) in [6.45, 7) is 5.10. The molecule has 1 heterocycles. The number of rotatable bonds is 3. The van der Waals surface area contributed by atoms with Crippen molar-refractivity contribution in [3.8, 4) is 0 Å². The maximum absolute atomic E-state index is 13.1. The quantitative estimate of drug-likeness (QED) is 0.803. The Labute approximate surface area is 130 Å². The Morgan fingerprint density at radius 2 is 2.23 bits per heavy atom. The van der Waals surface area contributed by atoms with E-state index in [1.165, 1.54) is 18.2 Å². The van der Waals surface area contributed by atoms with Crippen molar-refractivity contribution >= 4 is 12.0 Å². The molecule has 22 heavy (non-hydrogen) atoms. The minimum atomic E-state index is -0.297. The molecule has 4 heteroatoms. The molecule has 1 aliphatic carbocycles. The van der Waals surface area contributed by atoms with Gasteiger partial charge in [-0.1, -0.05) is 26.0 Å². The molecule has 1 aromatic carbocycles. The molecule has 3 nitrogen and oxygen atoms in total. The number of ether oxygens (including phenoxy) is 1. The molecular formula is C18H22FNO2. The monoisotopic (exact) mass is 303 g/mol. The van der Waals surface area contributed by atoms with Gasteiger partial charge in [-0.15, -0.1) is 0 Å². The molecule has 3 rings (SSSR count). The maximum atomic E-state index is 13.1. The van der Waals surface area contributed by atoms with Gasteiger partial charge in [0.1, 0.15) is 5.82 Å². The fourth-order valence-electron chi connectivity index (χ4n) is 4.12. The van der Waals surface area contributed by atoms with Crippen molar-refractivity contribution in [2.24, 2.45) is 11.3 Å². The van der Waals surface area contributed by atoms with Crippen LogP contribution < -0.4 is 0 Å². The first kappa shape index (κ1) is 15.2. The fraction of sp³-hybridized carbons (Fsp3) is 0.500. The van der Waals surface area contributed by atoms with Crippen molar-refractivity contribution in [2.45, 2.75) is 32.4 Å². The van der Waals surface area contributed by atoms with E-state index in [-0.39, 0.29) is 29.3 Å². The number of carbonyl (C=O) groups is 1. The van der Waals surface area contributed by atoms with Crippen LogP contribution in [0.3, 0.4) is 0 Å². The van der Waals surface area contributed by atoms with Crippen LogP contribution in [0.1, 0.15) is 25.8 Å². The van der Waals surface area contributed by atoms with Crippen LogP contribution in [0.5, 0.6) is 0 Å². The van der Waals surface area contributed by atoms with E-state index in [0.717, 1.165) is 13.0 Å². The van der Waals surface area contributed by atoms with Crippen molar-refractivity contribution in [3.05, 3.63) is 41.7 Å². The van der Waals surface area contributed by atoms with E-state index in [0.29, 0.717) is 11.5 Å². The van der Waals surface area contributed by atoms with E-state index in [1.807, 2.05) is 11.9 Å². The second-order valence-corrected chi connectivity index (χ2v) is 6.85. The number of halogens is 1. The lowest BCUT2D eigenvalue weighted by Gasteiger charge is -2.57. The van der Waals surface area contributed by atoms with E-state index in [2.05, 4.69) is 13.8 Å². The zero-order valence-corrected chi connectivity index (χ0v) is 13.3. The molecule has 3 atom stereocenters. The summed E-state index contributed by atoms with van der Waals surface area (Å²) in [4.78, 5) is 14.2. The van der Waals surface area contributed by atoms with Crippen LogP contribution in [0, 0.1) is 17.2 Å². The molecular weight excluding hydrogens is 281 g/mol. The van der Waals surface area contributed by atoms with E-state index in [1.54, 1.807) is 18.2 Å². The molecule has 0 unspecified atom stereocenters. The molecule has 118 valence electrons. The highest BCUT2D eigenvalue weighted by Crippen LogP contribution is 2.54. The smallest absolute Gasteiger partial charge is 0.246 e. The zero-order valence-electron chi connectivity index (χ0n) is 13.3. The Morgan fingerprint density at radius 1 is 1.45 bits per heavy atom. The Hall–Kier alpha value is -1.68. The molecule has 0 aromatic heterocycles. The molecule has 0 bridgehead atoms. The Balaban J connectivity index is 1.70. The molecule has 1 aromatic rings. The summed E-state index contributed by atoms with van der Waals surface area (Å²) in [6.07, 6.45) is 4.47. The highest BCUT2D eigenvalue weighted by molar-refractivity contribution is 5.92. The van der Waals surface area contributed by atoms with Gasteiger partial charge in [0.2, 0.25) is 5.91 Å². The van der Waals surface area contributed by atoms with Gasteiger partial charge in [-0.05, 0) is 30.2 Å². The van der Waals surface area contributed by atoms with E-state index in [4.69, 9.17) is 4.74 Å². The van der Waals surface area contributed by atoms with Crippen LogP contribution >= 0.6 is 0 Å². The molecule has 0 N–H and O–H groups in total. The third kappa shape index (κ3) is 2.45. The van der Waals surface area contributed by atoms with Crippen molar-refractivity contribution in [3.63, 3.8) is 0 Å². The second kappa shape index (κ2) is 5.51. The number of amides is 1. The third-order valence-electron chi connectivity index (χ3n) is 5.07. The number of likely N-dealkylation sites (N-methyl/N-ethyl adjacent to an activating group) is 1. The zero-order chi connectivity index (χ0) is 15.9. The number of fused-ring (bicyclic) bond motifs is 1. The number of hydrogen-bond donors (Lipinski definition) is 0. The summed E-state index contributed by atoms with van der Waals surface area (Å²) in [5.74, 6) is 0.0910. The summed E-state index contributed by atoms with van der Waals surface area (Å²) >= 11 is 0. The Bertz CT molecular complexity index is 611. The SMILES string of the molecule is CN(C(=O)/C=C/c1cccc(F)c1)[C@@H]1[C@@H]2CCO[C@@H]2C1(C)C. The highest BCUT2D eigenvalue weighted by atomic mass is 19.1. The molecule has 1 saturated heterocycles. The average Bonchev–Trinajstić information content (AvgIpc) is 2.91. The minimum Gasteiger partial charge on any atom is -0.377 e. The van der Waals surface area contributed by atoms with E-state index < -0.39 is 0 Å². The normalized spacial score (nSPS) is 29.2. The van der Waals surface area contributed by atoms with Gasteiger partial charge in [0.15, 0.2) is 0 Å². The first-order chi connectivity index (χ1) is 10.4. The summed E-state index contributed by atoms with van der Waals surface area (Å²) in [6, 6.07) is 6.42. The van der Waals surface area contributed by atoms with Crippen LogP contribution in [-0.2, 0) is 9.53 Å². The van der Waals surface area contributed by atoms with Crippen LogP contribution in [0.15, 0.2) is 30.3 Å². The molecule has 2 fully saturated rings. The lowest BCUT2D eigenvalue weighted by atomic mass is 9.57. The van der Waals surface area contributed by atoms with Crippen LogP contribution in [0.4, 0.5) is 4.39 Å². The average molecular weight is 303 g/mol. The van der Waals surface area contributed by atoms with Crippen LogP contribution in [0.2, 0.25) is 0 Å². The summed E-state index contributed by atoms with van der Waals surface area (Å²) in [5.41, 5.74) is 0.676. The second-order valence-electron chi connectivity index (χ2n) is 6.85. The predicted octanol–water partition coefficient (Wildman–Crippen LogP) is 3.11. The maximum Gasteiger partial charge on any atom is 0.246 e. The lowest BCUT2D eigenvalue weighted by molar-refractivity contribution is -0.163. The van der Waals surface area contributed by atoms with Crippen LogP contribution in [0.25, 0.3) is 6.08 Å². The third-order valence-corrected chi connectivity index (χ3v) is 5.07. The summed E-state index contributed by atoms with van der Waals surface area (Å²) in [7, 11) is 1.85. The number of benzene rings is 1. The fourth-order valence-corrected chi connectivity index (χ4v) is 4.12. The minimum absolute atomic E-state index is 0.0156. The van der Waals surface area contributed by atoms with Gasteiger partial charge in [0, 0.05) is 37.1 Å². The van der Waals surface area contributed by atoms with Crippen molar-refractivity contribution in [1.82, 2.24) is 4.90 Å². The van der Waals surface area contributed by atoms with E-state index >= 15 is 0 Å². The van der Waals surface area contributed by atoms with Crippen molar-refractivity contribution in [1.29, 1.82) is 0 Å². The van der Waals surface area contributed by atoms with E-state index in [9.17, 15) is 9.18 Å². The largest absolute Gasteiger partial charge is 0.377 e. The van der Waals surface area contributed by atoms with Gasteiger partial charge in [-0.25, -0.2) is 4.39 Å². The van der Waals surface area contributed by atoms with Gasteiger partial charge < -0.3 is 9.64 Å². The van der Waals surface area contributed by atoms with Gasteiger partial charge >= 0.3 is 0 Å². The highest BCUT2D eigenvalue weighted by Gasteiger charge is 2.61. The van der Waals surface area contributed by atoms with Gasteiger partial charge in [-0.2, -0.15) is 0 Å². The lowest BCUT2D eigenvalue weighted by Crippen LogP contribution is -2.66. The predicted molar refractivity (Wildman–Crippen MR) is 83.6 cm³/mol. The standard InChI is InChI=1S/C18H22FNO2/c1-18(2)16(14-9-10-22-17(14)18)20(3)15(21)8-7-12-5-4-6-13(19)11-12/h4-8,11,14,16-17H,9-10H2,1-3H3/b8-7+/t14-,16+,17-/m0/s1. The van der Waals surface area contributed by atoms with Gasteiger partial charge in [0.05, 0.1) is 6.10 Å². The van der Waals surface area contributed by atoms with Crippen molar-refractivity contribution < 1.29 is 13.9 Å². The molecule has 1 amide bonds. The Morgan fingerprint density at radius 3 is 2.95 bits per heavy atom. The molecule has 2 aliphatic rings. The summed E-state index contributed by atoms with van der Waals surface area (Å²) in [5, 5.41) is 0. The molecule has 0 spiro atoms. The van der Waals surface area contributed by atoms with Gasteiger partial charge in [-0.3, -0.25) is 4.79 Å². The molecule has 1 saturated carbocycles. The first-order valence-electron chi connectivity index (χ1n) is 7.73.